The fourth-order valence-corrected chi connectivity index (χ4v) is 5.54. The minimum Gasteiger partial charge on any atom is -0.458 e. The number of Topliss-reactive ketones (excluding diaryl/α,β-unsaturated/α-hetero) is 1. The number of fused-ring (bicyclic) bond motifs is 4. The predicted octanol–water partition coefficient (Wildman–Crippen LogP) is 7.32. The Kier molecular flexibility index (Phi) is 4.68. The van der Waals surface area contributed by atoms with Crippen LogP contribution >= 0.6 is 0 Å². The molecule has 0 amide bonds. The number of nitro benzene ring substituents is 1. The topological polar surface area (TPSA) is 85.4 Å². The number of benzene rings is 3. The molecule has 2 aliphatic rings. The van der Waals surface area contributed by atoms with Gasteiger partial charge in [-0.25, -0.2) is 0 Å². The lowest BCUT2D eigenvalue weighted by Crippen LogP contribution is -2.33. The van der Waals surface area contributed by atoms with Crippen LogP contribution in [0.2, 0.25) is 0 Å². The Labute approximate surface area is 202 Å². The Morgan fingerprint density at radius 2 is 1.74 bits per heavy atom. The number of rotatable bonds is 3. The third-order valence-electron chi connectivity index (χ3n) is 7.02. The van der Waals surface area contributed by atoms with E-state index in [9.17, 15) is 14.9 Å². The summed E-state index contributed by atoms with van der Waals surface area (Å²) in [6.07, 6.45) is 1.24. The molecule has 0 saturated heterocycles. The van der Waals surface area contributed by atoms with E-state index in [4.69, 9.17) is 4.42 Å². The zero-order valence-electron chi connectivity index (χ0n) is 19.5. The molecule has 0 unspecified atom stereocenters. The maximum absolute atomic E-state index is 13.6. The van der Waals surface area contributed by atoms with Crippen LogP contribution in [0.5, 0.6) is 0 Å². The van der Waals surface area contributed by atoms with Crippen molar-refractivity contribution in [3.8, 4) is 11.3 Å². The van der Waals surface area contributed by atoms with Crippen LogP contribution in [0, 0.1) is 15.5 Å². The van der Waals surface area contributed by atoms with Crippen molar-refractivity contribution < 1.29 is 14.1 Å². The standard InChI is InChI=1S/C29H24N2O4/c1-29(2)15-20-26-18-8-4-3-7-17(18)11-12-21(26)30-28(27(20)23(32)16-29)25-14-13-24(35-25)19-9-5-6-10-22(19)31(33)34/h3-14,28,30H,15-16H2,1-2H3/t28-/m0/s1. The van der Waals surface area contributed by atoms with Gasteiger partial charge < -0.3 is 9.73 Å². The first-order chi connectivity index (χ1) is 16.8. The van der Waals surface area contributed by atoms with Gasteiger partial charge in [0.05, 0.1) is 10.5 Å². The molecule has 1 aromatic heterocycles. The van der Waals surface area contributed by atoms with Gasteiger partial charge in [0.2, 0.25) is 0 Å². The van der Waals surface area contributed by atoms with Gasteiger partial charge in [0, 0.05) is 29.3 Å². The molecule has 0 bridgehead atoms. The van der Waals surface area contributed by atoms with Gasteiger partial charge in [0.15, 0.2) is 5.78 Å². The molecule has 1 N–H and O–H groups in total. The summed E-state index contributed by atoms with van der Waals surface area (Å²) >= 11 is 0. The van der Waals surface area contributed by atoms with Crippen molar-refractivity contribution in [3.05, 3.63) is 99.8 Å². The summed E-state index contributed by atoms with van der Waals surface area (Å²) in [5.74, 6) is 1.08. The average Bonchev–Trinajstić information content (AvgIpc) is 3.32. The van der Waals surface area contributed by atoms with Gasteiger partial charge in [-0.05, 0) is 52.4 Å². The molecular weight excluding hydrogens is 440 g/mol. The van der Waals surface area contributed by atoms with Crippen molar-refractivity contribution in [1.82, 2.24) is 0 Å². The summed E-state index contributed by atoms with van der Waals surface area (Å²) in [5, 5.41) is 17.3. The molecule has 0 fully saturated rings. The molecule has 4 aromatic rings. The minimum atomic E-state index is -0.459. The van der Waals surface area contributed by atoms with E-state index >= 15 is 0 Å². The summed E-state index contributed by atoms with van der Waals surface area (Å²) in [6.45, 7) is 4.27. The number of carbonyl (C=O) groups excluding carboxylic acids is 1. The Morgan fingerprint density at radius 3 is 2.57 bits per heavy atom. The van der Waals surface area contributed by atoms with Gasteiger partial charge >= 0.3 is 0 Å². The van der Waals surface area contributed by atoms with E-state index in [1.54, 1.807) is 24.3 Å². The van der Waals surface area contributed by atoms with Crippen LogP contribution in [0.4, 0.5) is 11.4 Å². The van der Waals surface area contributed by atoms with E-state index in [-0.39, 0.29) is 16.9 Å². The highest BCUT2D eigenvalue weighted by molar-refractivity contribution is 6.12. The van der Waals surface area contributed by atoms with E-state index in [0.29, 0.717) is 23.5 Å². The molecule has 1 aliphatic carbocycles. The molecule has 174 valence electrons. The number of ketones is 1. The fraction of sp³-hybridized carbons (Fsp3) is 0.207. The van der Waals surface area contributed by atoms with Gasteiger partial charge in [-0.2, -0.15) is 0 Å². The van der Waals surface area contributed by atoms with E-state index in [1.807, 2.05) is 18.2 Å². The second-order valence-electron chi connectivity index (χ2n) is 10.1. The first-order valence-corrected chi connectivity index (χ1v) is 11.7. The van der Waals surface area contributed by atoms with E-state index in [1.165, 1.54) is 6.07 Å². The van der Waals surface area contributed by atoms with Gasteiger partial charge in [-0.15, -0.1) is 0 Å². The second-order valence-corrected chi connectivity index (χ2v) is 10.1. The molecule has 0 spiro atoms. The number of anilines is 1. The van der Waals surface area contributed by atoms with Crippen molar-refractivity contribution in [2.75, 3.05) is 5.32 Å². The van der Waals surface area contributed by atoms with Crippen LogP contribution in [-0.2, 0) is 4.79 Å². The fourth-order valence-electron chi connectivity index (χ4n) is 5.54. The Hall–Kier alpha value is -4.19. The van der Waals surface area contributed by atoms with Crippen LogP contribution in [0.25, 0.3) is 27.7 Å². The molecule has 6 nitrogen and oxygen atoms in total. The molecule has 1 atom stereocenters. The number of allylic oxidation sites excluding steroid dienone is 1. The van der Waals surface area contributed by atoms with E-state index in [2.05, 4.69) is 43.4 Å². The molecule has 0 radical (unpaired) electrons. The third kappa shape index (κ3) is 3.44. The molecule has 2 heterocycles. The van der Waals surface area contributed by atoms with Crippen molar-refractivity contribution in [2.24, 2.45) is 5.41 Å². The lowest BCUT2D eigenvalue weighted by atomic mass is 9.68. The largest absolute Gasteiger partial charge is 0.458 e. The third-order valence-corrected chi connectivity index (χ3v) is 7.02. The first-order valence-electron chi connectivity index (χ1n) is 11.7. The quantitative estimate of drug-likeness (QED) is 0.254. The lowest BCUT2D eigenvalue weighted by Gasteiger charge is -2.39. The van der Waals surface area contributed by atoms with E-state index < -0.39 is 11.0 Å². The Morgan fingerprint density at radius 1 is 0.971 bits per heavy atom. The number of nitrogens with zero attached hydrogens (tertiary/aromatic N) is 1. The highest BCUT2D eigenvalue weighted by Gasteiger charge is 2.41. The summed E-state index contributed by atoms with van der Waals surface area (Å²) in [7, 11) is 0. The average molecular weight is 465 g/mol. The van der Waals surface area contributed by atoms with Crippen molar-refractivity contribution >= 4 is 33.5 Å². The second kappa shape index (κ2) is 7.67. The van der Waals surface area contributed by atoms with Crippen molar-refractivity contribution in [1.29, 1.82) is 0 Å². The zero-order valence-corrected chi connectivity index (χ0v) is 19.5. The Bertz CT molecular complexity index is 1560. The maximum Gasteiger partial charge on any atom is 0.280 e. The molecule has 6 heteroatoms. The number of hydrogen-bond acceptors (Lipinski definition) is 5. The molecule has 3 aromatic carbocycles. The first kappa shape index (κ1) is 21.4. The number of nitro groups is 1. The highest BCUT2D eigenvalue weighted by atomic mass is 16.6. The summed E-state index contributed by atoms with van der Waals surface area (Å²) in [5.41, 5.74) is 4.09. The SMILES string of the molecule is CC1(C)CC(=O)C2=C(C1)c1c(ccc3ccccc13)N[C@H]2c1ccc(-c2ccccc2[N+](=O)[O-])o1. The molecule has 35 heavy (non-hydrogen) atoms. The highest BCUT2D eigenvalue weighted by Crippen LogP contribution is 2.52. The number of nitrogens with one attached hydrogen (secondary N) is 1. The molecule has 0 saturated carbocycles. The predicted molar refractivity (Wildman–Crippen MR) is 136 cm³/mol. The zero-order chi connectivity index (χ0) is 24.3. The normalized spacial score (nSPS) is 18.7. The van der Waals surface area contributed by atoms with E-state index in [0.717, 1.165) is 39.6 Å². The lowest BCUT2D eigenvalue weighted by molar-refractivity contribution is -0.384. The van der Waals surface area contributed by atoms with Crippen LogP contribution < -0.4 is 5.32 Å². The molecular formula is C29H24N2O4. The van der Waals surface area contributed by atoms with Crippen molar-refractivity contribution in [2.45, 2.75) is 32.7 Å². The summed E-state index contributed by atoms with van der Waals surface area (Å²) in [6, 6.07) is 22.0. The van der Waals surface area contributed by atoms with Gasteiger partial charge in [-0.3, -0.25) is 14.9 Å². The molecule has 6 rings (SSSR count). The van der Waals surface area contributed by atoms with Crippen LogP contribution in [0.3, 0.4) is 0 Å². The maximum atomic E-state index is 13.6. The number of para-hydroxylation sites is 1. The van der Waals surface area contributed by atoms with Gasteiger partial charge in [0.1, 0.15) is 17.6 Å². The van der Waals surface area contributed by atoms with Gasteiger partial charge in [0.25, 0.3) is 5.69 Å². The smallest absolute Gasteiger partial charge is 0.280 e. The van der Waals surface area contributed by atoms with Crippen LogP contribution in [0.1, 0.15) is 44.1 Å². The number of furan rings is 1. The van der Waals surface area contributed by atoms with Gasteiger partial charge in [-0.1, -0.05) is 56.3 Å². The number of carbonyl (C=O) groups is 1. The Balaban J connectivity index is 1.53. The van der Waals surface area contributed by atoms with Crippen LogP contribution in [0.15, 0.2) is 82.8 Å². The molecule has 1 aliphatic heterocycles. The summed E-state index contributed by atoms with van der Waals surface area (Å²) < 4.78 is 6.20. The van der Waals surface area contributed by atoms with Crippen molar-refractivity contribution in [3.63, 3.8) is 0 Å². The monoisotopic (exact) mass is 464 g/mol. The number of hydrogen-bond donors (Lipinski definition) is 1. The summed E-state index contributed by atoms with van der Waals surface area (Å²) in [4.78, 5) is 24.7. The van der Waals surface area contributed by atoms with Crippen LogP contribution in [-0.4, -0.2) is 10.7 Å². The minimum absolute atomic E-state index is 0.0165.